The van der Waals surface area contributed by atoms with Crippen LogP contribution in [0.4, 0.5) is 11.4 Å². The minimum Gasteiger partial charge on any atom is -0.378 e. The van der Waals surface area contributed by atoms with E-state index in [0.717, 1.165) is 32.7 Å². The molecule has 2 rings (SSSR count). The Morgan fingerprint density at radius 2 is 2.20 bits per heavy atom. The summed E-state index contributed by atoms with van der Waals surface area (Å²) in [5.41, 5.74) is 0.828. The zero-order valence-electron chi connectivity index (χ0n) is 11.1. The quantitative estimate of drug-likeness (QED) is 0.609. The molecule has 1 aliphatic rings. The Balaban J connectivity index is 1.96. The molecule has 20 heavy (non-hydrogen) atoms. The number of benzene rings is 1. The van der Waals surface area contributed by atoms with Gasteiger partial charge in [0.05, 0.1) is 16.6 Å². The summed E-state index contributed by atoms with van der Waals surface area (Å²) in [7, 11) is 0. The highest BCUT2D eigenvalue weighted by molar-refractivity contribution is 5.64. The molecule has 0 radical (unpaired) electrons. The minimum atomic E-state index is -0.436. The number of hydrogen-bond donors (Lipinski definition) is 2. The Morgan fingerprint density at radius 1 is 1.45 bits per heavy atom. The van der Waals surface area contributed by atoms with Crippen LogP contribution in [0.1, 0.15) is 5.56 Å². The van der Waals surface area contributed by atoms with Crippen LogP contribution in [0.25, 0.3) is 0 Å². The molecule has 0 spiro atoms. The van der Waals surface area contributed by atoms with Crippen LogP contribution in [0.5, 0.6) is 0 Å². The third kappa shape index (κ3) is 3.66. The summed E-state index contributed by atoms with van der Waals surface area (Å²) in [5.74, 6) is 0. The third-order valence-corrected chi connectivity index (χ3v) is 3.28. The number of nitro groups is 1. The first-order valence-electron chi connectivity index (χ1n) is 6.56. The maximum Gasteiger partial charge on any atom is 0.292 e. The van der Waals surface area contributed by atoms with E-state index >= 15 is 0 Å². The van der Waals surface area contributed by atoms with Crippen molar-refractivity contribution in [2.45, 2.75) is 0 Å². The molecule has 0 aliphatic carbocycles. The summed E-state index contributed by atoms with van der Waals surface area (Å²) in [6.07, 6.45) is 0. The zero-order chi connectivity index (χ0) is 14.4. The zero-order valence-corrected chi connectivity index (χ0v) is 11.1. The Bertz CT molecular complexity index is 520. The monoisotopic (exact) mass is 275 g/mol. The molecule has 0 aromatic heterocycles. The molecule has 0 unspecified atom stereocenters. The molecule has 0 atom stereocenters. The van der Waals surface area contributed by atoms with Crippen LogP contribution in [0.3, 0.4) is 0 Å². The highest BCUT2D eigenvalue weighted by Gasteiger charge is 2.14. The van der Waals surface area contributed by atoms with Crippen molar-refractivity contribution in [1.82, 2.24) is 10.2 Å². The minimum absolute atomic E-state index is 0.00399. The van der Waals surface area contributed by atoms with E-state index < -0.39 is 4.92 Å². The van der Waals surface area contributed by atoms with Gasteiger partial charge in [-0.2, -0.15) is 5.26 Å². The fourth-order valence-corrected chi connectivity index (χ4v) is 2.19. The van der Waals surface area contributed by atoms with Crippen molar-refractivity contribution in [2.75, 3.05) is 44.6 Å². The van der Waals surface area contributed by atoms with Gasteiger partial charge in [0.2, 0.25) is 0 Å². The van der Waals surface area contributed by atoms with E-state index in [1.54, 1.807) is 0 Å². The highest BCUT2D eigenvalue weighted by atomic mass is 16.6. The fraction of sp³-hybridized carbons (Fsp3) is 0.462. The number of hydrogen-bond acceptors (Lipinski definition) is 6. The summed E-state index contributed by atoms with van der Waals surface area (Å²) in [6.45, 7) is 5.38. The van der Waals surface area contributed by atoms with Gasteiger partial charge in [-0.1, -0.05) is 0 Å². The van der Waals surface area contributed by atoms with Gasteiger partial charge in [-0.25, -0.2) is 0 Å². The van der Waals surface area contributed by atoms with Gasteiger partial charge in [-0.05, 0) is 12.1 Å². The molecule has 0 bridgehead atoms. The molecule has 1 aromatic rings. The summed E-state index contributed by atoms with van der Waals surface area (Å²) < 4.78 is 0. The molecular formula is C13H17N5O2. The molecule has 1 saturated heterocycles. The first-order valence-corrected chi connectivity index (χ1v) is 6.56. The second-order valence-electron chi connectivity index (χ2n) is 4.62. The number of anilines is 1. The van der Waals surface area contributed by atoms with E-state index in [0.29, 0.717) is 17.8 Å². The molecule has 1 heterocycles. The van der Waals surface area contributed by atoms with E-state index in [1.807, 2.05) is 6.07 Å². The lowest BCUT2D eigenvalue weighted by Crippen LogP contribution is -2.45. The van der Waals surface area contributed by atoms with E-state index in [2.05, 4.69) is 15.5 Å². The van der Waals surface area contributed by atoms with Crippen molar-refractivity contribution in [3.05, 3.63) is 33.9 Å². The Hall–Kier alpha value is -2.17. The molecule has 1 fully saturated rings. The number of nitrogens with zero attached hydrogens (tertiary/aromatic N) is 3. The first kappa shape index (κ1) is 14.2. The largest absolute Gasteiger partial charge is 0.378 e. The predicted molar refractivity (Wildman–Crippen MR) is 75.6 cm³/mol. The standard InChI is InChI=1S/C13H17N5O2/c14-10-11-1-2-13(18(19)20)12(9-11)16-5-8-17-6-3-15-4-7-17/h1-2,9,15-16H,3-8H2. The summed E-state index contributed by atoms with van der Waals surface area (Å²) in [4.78, 5) is 12.8. The number of nitro benzene ring substituents is 1. The van der Waals surface area contributed by atoms with Crippen molar-refractivity contribution in [3.63, 3.8) is 0 Å². The SMILES string of the molecule is N#Cc1ccc([N+](=O)[O-])c(NCCN2CCNCC2)c1. The number of piperazine rings is 1. The highest BCUT2D eigenvalue weighted by Crippen LogP contribution is 2.24. The van der Waals surface area contributed by atoms with Crippen LogP contribution in [0, 0.1) is 21.4 Å². The first-order chi connectivity index (χ1) is 9.70. The lowest BCUT2D eigenvalue weighted by Gasteiger charge is -2.27. The van der Waals surface area contributed by atoms with Gasteiger partial charge in [-0.3, -0.25) is 15.0 Å². The topological polar surface area (TPSA) is 94.2 Å². The second kappa shape index (κ2) is 6.84. The molecular weight excluding hydrogens is 258 g/mol. The van der Waals surface area contributed by atoms with Gasteiger partial charge in [-0.15, -0.1) is 0 Å². The molecule has 7 heteroatoms. The molecule has 1 aliphatic heterocycles. The third-order valence-electron chi connectivity index (χ3n) is 3.28. The van der Waals surface area contributed by atoms with Crippen LogP contribution >= 0.6 is 0 Å². The number of rotatable bonds is 5. The van der Waals surface area contributed by atoms with Crippen LogP contribution in [-0.2, 0) is 0 Å². The van der Waals surface area contributed by atoms with Crippen molar-refractivity contribution in [3.8, 4) is 6.07 Å². The van der Waals surface area contributed by atoms with Gasteiger partial charge in [0.25, 0.3) is 5.69 Å². The Kier molecular flexibility index (Phi) is 4.87. The van der Waals surface area contributed by atoms with Gasteiger partial charge in [0, 0.05) is 45.3 Å². The summed E-state index contributed by atoms with van der Waals surface area (Å²) in [5, 5.41) is 26.1. The number of nitrogens with one attached hydrogen (secondary N) is 2. The number of nitriles is 1. The van der Waals surface area contributed by atoms with Crippen molar-refractivity contribution >= 4 is 11.4 Å². The fourth-order valence-electron chi connectivity index (χ4n) is 2.19. The van der Waals surface area contributed by atoms with Crippen LogP contribution in [0.15, 0.2) is 18.2 Å². The van der Waals surface area contributed by atoms with Gasteiger partial charge in [0.1, 0.15) is 5.69 Å². The maximum atomic E-state index is 11.0. The van der Waals surface area contributed by atoms with Crippen molar-refractivity contribution in [1.29, 1.82) is 5.26 Å². The average Bonchev–Trinajstić information content (AvgIpc) is 2.48. The Labute approximate surface area is 117 Å². The molecule has 0 amide bonds. The van der Waals surface area contributed by atoms with E-state index in [9.17, 15) is 10.1 Å². The molecule has 1 aromatic carbocycles. The molecule has 7 nitrogen and oxygen atoms in total. The van der Waals surface area contributed by atoms with Crippen LogP contribution in [0.2, 0.25) is 0 Å². The Morgan fingerprint density at radius 3 is 2.85 bits per heavy atom. The van der Waals surface area contributed by atoms with Gasteiger partial charge in [0.15, 0.2) is 0 Å². The molecule has 106 valence electrons. The van der Waals surface area contributed by atoms with Gasteiger partial charge >= 0.3 is 0 Å². The van der Waals surface area contributed by atoms with Crippen molar-refractivity contribution in [2.24, 2.45) is 0 Å². The summed E-state index contributed by atoms with van der Waals surface area (Å²) in [6, 6.07) is 6.34. The van der Waals surface area contributed by atoms with E-state index in [1.165, 1.54) is 18.2 Å². The lowest BCUT2D eigenvalue weighted by atomic mass is 10.2. The second-order valence-corrected chi connectivity index (χ2v) is 4.62. The van der Waals surface area contributed by atoms with E-state index in [4.69, 9.17) is 5.26 Å². The molecule has 2 N–H and O–H groups in total. The van der Waals surface area contributed by atoms with Gasteiger partial charge < -0.3 is 10.6 Å². The normalized spacial score (nSPS) is 15.6. The smallest absolute Gasteiger partial charge is 0.292 e. The summed E-state index contributed by atoms with van der Waals surface area (Å²) >= 11 is 0. The average molecular weight is 275 g/mol. The lowest BCUT2D eigenvalue weighted by molar-refractivity contribution is -0.384. The maximum absolute atomic E-state index is 11.0. The van der Waals surface area contributed by atoms with E-state index in [-0.39, 0.29) is 5.69 Å². The van der Waals surface area contributed by atoms with Crippen LogP contribution in [-0.4, -0.2) is 49.1 Å². The molecule has 0 saturated carbocycles. The predicted octanol–water partition coefficient (Wildman–Crippen LogP) is 0.784. The van der Waals surface area contributed by atoms with Crippen molar-refractivity contribution < 1.29 is 4.92 Å². The van der Waals surface area contributed by atoms with Crippen LogP contribution < -0.4 is 10.6 Å².